The van der Waals surface area contributed by atoms with Gasteiger partial charge >= 0.3 is 0 Å². The van der Waals surface area contributed by atoms with E-state index >= 15 is 0 Å². The van der Waals surface area contributed by atoms with Crippen LogP contribution < -0.4 is 9.64 Å². The Bertz CT molecular complexity index is 628. The van der Waals surface area contributed by atoms with Gasteiger partial charge in [-0.1, -0.05) is 23.7 Å². The number of aromatic nitrogens is 2. The lowest BCUT2D eigenvalue weighted by molar-refractivity contribution is 0.196. The smallest absolute Gasteiger partial charge is 0.234 e. The van der Waals surface area contributed by atoms with E-state index in [-0.39, 0.29) is 13.2 Å². The van der Waals surface area contributed by atoms with E-state index in [1.54, 1.807) is 12.4 Å². The number of halogens is 1. The van der Waals surface area contributed by atoms with Gasteiger partial charge in [0.25, 0.3) is 0 Å². The van der Waals surface area contributed by atoms with E-state index in [0.29, 0.717) is 11.8 Å². The number of piperidine rings is 1. The summed E-state index contributed by atoms with van der Waals surface area (Å²) in [5, 5.41) is 9.59. The Morgan fingerprint density at radius 2 is 1.91 bits per heavy atom. The van der Waals surface area contributed by atoms with Crippen LogP contribution in [-0.4, -0.2) is 41.4 Å². The average molecular weight is 334 g/mol. The van der Waals surface area contributed by atoms with Crippen LogP contribution in [-0.2, 0) is 0 Å². The minimum absolute atomic E-state index is 0.0294. The zero-order valence-electron chi connectivity index (χ0n) is 12.9. The molecular formula is C17H20ClN3O2. The van der Waals surface area contributed by atoms with Crippen molar-refractivity contribution in [3.05, 3.63) is 47.2 Å². The summed E-state index contributed by atoms with van der Waals surface area (Å²) in [4.78, 5) is 10.9. The third-order valence-corrected chi connectivity index (χ3v) is 4.35. The molecule has 122 valence electrons. The van der Waals surface area contributed by atoms with Gasteiger partial charge in [-0.05, 0) is 36.5 Å². The molecule has 1 saturated heterocycles. The fraction of sp³-hybridized carbons (Fsp3) is 0.412. The molecule has 1 aliphatic rings. The van der Waals surface area contributed by atoms with Gasteiger partial charge in [0.05, 0.1) is 19.0 Å². The van der Waals surface area contributed by atoms with Crippen LogP contribution in [0, 0.1) is 0 Å². The molecule has 0 aliphatic carbocycles. The molecule has 6 heteroatoms. The number of aliphatic hydroxyl groups is 1. The highest BCUT2D eigenvalue weighted by atomic mass is 35.5. The van der Waals surface area contributed by atoms with Crippen molar-refractivity contribution in [2.24, 2.45) is 0 Å². The molecule has 1 aromatic heterocycles. The fourth-order valence-electron chi connectivity index (χ4n) is 2.89. The van der Waals surface area contributed by atoms with Gasteiger partial charge in [0.15, 0.2) is 5.82 Å². The third kappa shape index (κ3) is 4.12. The lowest BCUT2D eigenvalue weighted by atomic mass is 9.89. The SMILES string of the molecule is OCCOc1cncc(N2CCC(c3ccc(Cl)cc3)CC2)n1. The Morgan fingerprint density at radius 1 is 1.17 bits per heavy atom. The second kappa shape index (κ2) is 7.62. The predicted octanol–water partition coefficient (Wildman–Crippen LogP) is 2.89. The van der Waals surface area contributed by atoms with Crippen LogP contribution in [0.15, 0.2) is 36.7 Å². The normalized spacial score (nSPS) is 15.7. The average Bonchev–Trinajstić information content (AvgIpc) is 2.61. The van der Waals surface area contributed by atoms with Crippen LogP contribution in [0.4, 0.5) is 5.82 Å². The highest BCUT2D eigenvalue weighted by Crippen LogP contribution is 2.30. The Kier molecular flexibility index (Phi) is 5.31. The zero-order chi connectivity index (χ0) is 16.1. The molecule has 0 amide bonds. The number of rotatable bonds is 5. The first-order chi connectivity index (χ1) is 11.3. The van der Waals surface area contributed by atoms with Crippen molar-refractivity contribution in [3.63, 3.8) is 0 Å². The first kappa shape index (κ1) is 16.0. The van der Waals surface area contributed by atoms with Crippen LogP contribution in [0.1, 0.15) is 24.3 Å². The molecule has 1 aliphatic heterocycles. The van der Waals surface area contributed by atoms with E-state index in [1.165, 1.54) is 5.56 Å². The highest BCUT2D eigenvalue weighted by molar-refractivity contribution is 6.30. The van der Waals surface area contributed by atoms with E-state index in [1.807, 2.05) is 12.1 Å². The largest absolute Gasteiger partial charge is 0.474 e. The summed E-state index contributed by atoms with van der Waals surface area (Å²) in [6.45, 7) is 2.08. The zero-order valence-corrected chi connectivity index (χ0v) is 13.6. The number of aliphatic hydroxyl groups excluding tert-OH is 1. The van der Waals surface area contributed by atoms with Crippen molar-refractivity contribution < 1.29 is 9.84 Å². The van der Waals surface area contributed by atoms with Crippen LogP contribution in [0.5, 0.6) is 5.88 Å². The Balaban J connectivity index is 1.61. The lowest BCUT2D eigenvalue weighted by Crippen LogP contribution is -2.33. The maximum atomic E-state index is 8.81. The maximum Gasteiger partial charge on any atom is 0.234 e. The van der Waals surface area contributed by atoms with E-state index in [4.69, 9.17) is 21.4 Å². The topological polar surface area (TPSA) is 58.5 Å². The number of ether oxygens (including phenoxy) is 1. The van der Waals surface area contributed by atoms with Gasteiger partial charge in [0, 0.05) is 18.1 Å². The van der Waals surface area contributed by atoms with Gasteiger partial charge in [-0.2, -0.15) is 4.98 Å². The Labute approximate surface area is 140 Å². The molecule has 1 N–H and O–H groups in total. The summed E-state index contributed by atoms with van der Waals surface area (Å²) in [7, 11) is 0. The Morgan fingerprint density at radius 3 is 2.61 bits per heavy atom. The second-order valence-electron chi connectivity index (χ2n) is 5.60. The second-order valence-corrected chi connectivity index (χ2v) is 6.04. The molecule has 1 fully saturated rings. The minimum Gasteiger partial charge on any atom is -0.474 e. The summed E-state index contributed by atoms with van der Waals surface area (Å²) in [6, 6.07) is 8.14. The van der Waals surface area contributed by atoms with Gasteiger partial charge < -0.3 is 14.7 Å². The molecule has 2 heterocycles. The van der Waals surface area contributed by atoms with Crippen molar-refractivity contribution in [1.82, 2.24) is 9.97 Å². The maximum absolute atomic E-state index is 8.81. The predicted molar refractivity (Wildman–Crippen MR) is 90.3 cm³/mol. The van der Waals surface area contributed by atoms with E-state index in [2.05, 4.69) is 27.0 Å². The van der Waals surface area contributed by atoms with Crippen molar-refractivity contribution >= 4 is 17.4 Å². The lowest BCUT2D eigenvalue weighted by Gasteiger charge is -2.32. The quantitative estimate of drug-likeness (QED) is 0.911. The van der Waals surface area contributed by atoms with Gasteiger partial charge in [-0.3, -0.25) is 4.98 Å². The molecular weight excluding hydrogens is 314 g/mol. The number of hydrogen-bond acceptors (Lipinski definition) is 5. The molecule has 2 aromatic rings. The van der Waals surface area contributed by atoms with E-state index < -0.39 is 0 Å². The van der Waals surface area contributed by atoms with E-state index in [9.17, 15) is 0 Å². The van der Waals surface area contributed by atoms with Gasteiger partial charge in [0.2, 0.25) is 5.88 Å². The molecule has 0 spiro atoms. The van der Waals surface area contributed by atoms with Crippen molar-refractivity contribution in [1.29, 1.82) is 0 Å². The molecule has 0 radical (unpaired) electrons. The summed E-state index contributed by atoms with van der Waals surface area (Å²) < 4.78 is 5.33. The van der Waals surface area contributed by atoms with Gasteiger partial charge in [0.1, 0.15) is 6.61 Å². The summed E-state index contributed by atoms with van der Waals surface area (Å²) >= 11 is 5.95. The molecule has 0 atom stereocenters. The molecule has 23 heavy (non-hydrogen) atoms. The van der Waals surface area contributed by atoms with Crippen LogP contribution in [0.2, 0.25) is 5.02 Å². The molecule has 0 bridgehead atoms. The van der Waals surface area contributed by atoms with Crippen molar-refractivity contribution in [3.8, 4) is 5.88 Å². The molecule has 5 nitrogen and oxygen atoms in total. The van der Waals surface area contributed by atoms with Gasteiger partial charge in [-0.25, -0.2) is 0 Å². The third-order valence-electron chi connectivity index (χ3n) is 4.10. The monoisotopic (exact) mass is 333 g/mol. The highest BCUT2D eigenvalue weighted by Gasteiger charge is 2.21. The van der Waals surface area contributed by atoms with Crippen molar-refractivity contribution in [2.45, 2.75) is 18.8 Å². The summed E-state index contributed by atoms with van der Waals surface area (Å²) in [6.07, 6.45) is 5.48. The number of nitrogens with zero attached hydrogens (tertiary/aromatic N) is 3. The minimum atomic E-state index is -0.0294. The van der Waals surface area contributed by atoms with Crippen LogP contribution in [0.25, 0.3) is 0 Å². The molecule has 1 aromatic carbocycles. The number of benzene rings is 1. The molecule has 0 saturated carbocycles. The fourth-order valence-corrected chi connectivity index (χ4v) is 3.01. The number of anilines is 1. The van der Waals surface area contributed by atoms with Crippen LogP contribution >= 0.6 is 11.6 Å². The van der Waals surface area contributed by atoms with Crippen LogP contribution in [0.3, 0.4) is 0 Å². The standard InChI is InChI=1S/C17H20ClN3O2/c18-15-3-1-13(2-4-15)14-5-7-21(8-6-14)16-11-19-12-17(20-16)23-10-9-22/h1-4,11-12,14,22H,5-10H2. The number of hydrogen-bond donors (Lipinski definition) is 1. The van der Waals surface area contributed by atoms with Crippen molar-refractivity contribution in [2.75, 3.05) is 31.2 Å². The summed E-state index contributed by atoms with van der Waals surface area (Å²) in [5.74, 6) is 1.84. The molecule has 3 rings (SSSR count). The molecule has 0 unspecified atom stereocenters. The summed E-state index contributed by atoms with van der Waals surface area (Å²) in [5.41, 5.74) is 1.35. The van der Waals surface area contributed by atoms with E-state index in [0.717, 1.165) is 36.8 Å². The Hall–Kier alpha value is -1.85. The van der Waals surface area contributed by atoms with Gasteiger partial charge in [-0.15, -0.1) is 0 Å². The first-order valence-corrected chi connectivity index (χ1v) is 8.20. The first-order valence-electron chi connectivity index (χ1n) is 7.82.